The first-order chi connectivity index (χ1) is 12.6. The van der Waals surface area contributed by atoms with Crippen molar-refractivity contribution in [3.05, 3.63) is 64.5 Å². The van der Waals surface area contributed by atoms with Gasteiger partial charge in [-0.3, -0.25) is 4.68 Å². The molecule has 4 rings (SSSR count). The Morgan fingerprint density at radius 3 is 2.96 bits per heavy atom. The van der Waals surface area contributed by atoms with E-state index in [0.29, 0.717) is 16.4 Å². The van der Waals surface area contributed by atoms with Crippen molar-refractivity contribution in [3.63, 3.8) is 0 Å². The van der Waals surface area contributed by atoms with Gasteiger partial charge < -0.3 is 4.74 Å². The Kier molecular flexibility index (Phi) is 4.40. The van der Waals surface area contributed by atoms with Crippen molar-refractivity contribution in [2.45, 2.75) is 6.61 Å². The Hall–Kier alpha value is -2.77. The Morgan fingerprint density at radius 1 is 1.27 bits per heavy atom. The molecule has 0 saturated carbocycles. The Labute approximate surface area is 158 Å². The summed E-state index contributed by atoms with van der Waals surface area (Å²) in [6.45, 7) is 0.118. The number of nitrogens with zero attached hydrogens (tertiary/aromatic N) is 4. The minimum atomic E-state index is -0.405. The third-order valence-corrected chi connectivity index (χ3v) is 4.90. The SMILES string of the molecule is Cn1cc(-c2nc(COC(=O)c3ccc4nc(Cl)ccc4c3)cs2)cn1. The predicted octanol–water partition coefficient (Wildman–Crippen LogP) is 4.10. The van der Waals surface area contributed by atoms with Crippen molar-refractivity contribution >= 4 is 39.8 Å². The second kappa shape index (κ2) is 6.86. The van der Waals surface area contributed by atoms with Crippen LogP contribution in [-0.4, -0.2) is 25.7 Å². The highest BCUT2D eigenvalue weighted by Crippen LogP contribution is 2.23. The second-order valence-electron chi connectivity index (χ2n) is 5.66. The smallest absolute Gasteiger partial charge is 0.338 e. The molecular weight excluding hydrogens is 372 g/mol. The molecule has 8 heteroatoms. The lowest BCUT2D eigenvalue weighted by atomic mass is 10.1. The molecule has 6 nitrogen and oxygen atoms in total. The number of halogens is 1. The average molecular weight is 385 g/mol. The molecule has 0 aliphatic heterocycles. The lowest BCUT2D eigenvalue weighted by Crippen LogP contribution is -2.05. The standard InChI is InChI=1S/C18H13ClN4O2S/c1-23-8-13(7-20-23)17-21-14(10-26-17)9-25-18(24)12-2-4-15-11(6-12)3-5-16(19)22-15/h2-8,10H,9H2,1H3. The number of esters is 1. The van der Waals surface area contributed by atoms with Gasteiger partial charge in [-0.1, -0.05) is 11.6 Å². The minimum Gasteiger partial charge on any atom is -0.456 e. The van der Waals surface area contributed by atoms with Gasteiger partial charge in [-0.25, -0.2) is 14.8 Å². The van der Waals surface area contributed by atoms with Gasteiger partial charge in [0, 0.05) is 29.6 Å². The fourth-order valence-electron chi connectivity index (χ4n) is 2.49. The number of thiazole rings is 1. The molecule has 0 bridgehead atoms. The summed E-state index contributed by atoms with van der Waals surface area (Å²) in [7, 11) is 1.85. The van der Waals surface area contributed by atoms with E-state index in [1.165, 1.54) is 11.3 Å². The van der Waals surface area contributed by atoms with Gasteiger partial charge in [-0.15, -0.1) is 11.3 Å². The Bertz CT molecular complexity index is 1110. The summed E-state index contributed by atoms with van der Waals surface area (Å²) in [4.78, 5) is 21.0. The van der Waals surface area contributed by atoms with Gasteiger partial charge in [-0.05, 0) is 30.3 Å². The van der Waals surface area contributed by atoms with E-state index in [-0.39, 0.29) is 6.61 Å². The molecule has 3 heterocycles. The van der Waals surface area contributed by atoms with Crippen molar-refractivity contribution in [3.8, 4) is 10.6 Å². The van der Waals surface area contributed by atoms with Crippen molar-refractivity contribution < 1.29 is 9.53 Å². The molecule has 0 spiro atoms. The van der Waals surface area contributed by atoms with Crippen LogP contribution in [-0.2, 0) is 18.4 Å². The van der Waals surface area contributed by atoms with Crippen LogP contribution in [0.1, 0.15) is 16.1 Å². The van der Waals surface area contributed by atoms with Gasteiger partial charge in [0.05, 0.1) is 23.0 Å². The zero-order valence-electron chi connectivity index (χ0n) is 13.7. The van der Waals surface area contributed by atoms with Gasteiger partial charge >= 0.3 is 5.97 Å². The van der Waals surface area contributed by atoms with Crippen LogP contribution >= 0.6 is 22.9 Å². The number of carbonyl (C=O) groups is 1. The second-order valence-corrected chi connectivity index (χ2v) is 6.91. The quantitative estimate of drug-likeness (QED) is 0.391. The number of hydrogen-bond acceptors (Lipinski definition) is 6. The largest absolute Gasteiger partial charge is 0.456 e. The maximum atomic E-state index is 12.3. The molecule has 0 N–H and O–H groups in total. The summed E-state index contributed by atoms with van der Waals surface area (Å²) >= 11 is 7.36. The zero-order valence-corrected chi connectivity index (χ0v) is 15.3. The number of aromatic nitrogens is 4. The number of benzene rings is 1. The highest BCUT2D eigenvalue weighted by atomic mass is 35.5. The van der Waals surface area contributed by atoms with Crippen LogP contribution in [0.15, 0.2) is 48.1 Å². The zero-order chi connectivity index (χ0) is 18.1. The number of pyridine rings is 1. The third-order valence-electron chi connectivity index (χ3n) is 3.75. The fraction of sp³-hybridized carbons (Fsp3) is 0.111. The first kappa shape index (κ1) is 16.7. The van der Waals surface area contributed by atoms with Gasteiger partial charge in [0.15, 0.2) is 0 Å². The molecule has 4 aromatic rings. The molecule has 0 unspecified atom stereocenters. The molecule has 26 heavy (non-hydrogen) atoms. The van der Waals surface area contributed by atoms with Crippen molar-refractivity contribution in [2.24, 2.45) is 7.05 Å². The first-order valence-electron chi connectivity index (χ1n) is 7.75. The number of fused-ring (bicyclic) bond motifs is 1. The number of ether oxygens (including phenoxy) is 1. The van der Waals surface area contributed by atoms with Crippen molar-refractivity contribution in [1.29, 1.82) is 0 Å². The molecule has 130 valence electrons. The molecule has 0 amide bonds. The van der Waals surface area contributed by atoms with E-state index in [1.54, 1.807) is 35.1 Å². The maximum Gasteiger partial charge on any atom is 0.338 e. The number of aryl methyl sites for hydroxylation is 1. The van der Waals surface area contributed by atoms with Gasteiger partial charge in [0.25, 0.3) is 0 Å². The molecule has 3 aromatic heterocycles. The average Bonchev–Trinajstić information content (AvgIpc) is 3.28. The van der Waals surface area contributed by atoms with E-state index in [2.05, 4.69) is 15.1 Å². The Balaban J connectivity index is 1.45. The summed E-state index contributed by atoms with van der Waals surface area (Å²) in [5, 5.41) is 8.10. The van der Waals surface area contributed by atoms with Gasteiger partial charge in [-0.2, -0.15) is 5.10 Å². The van der Waals surface area contributed by atoms with Crippen LogP contribution in [0.2, 0.25) is 5.15 Å². The molecule has 0 fully saturated rings. The third kappa shape index (κ3) is 3.44. The van der Waals surface area contributed by atoms with Crippen molar-refractivity contribution in [1.82, 2.24) is 19.7 Å². The highest BCUT2D eigenvalue weighted by Gasteiger charge is 2.11. The monoisotopic (exact) mass is 384 g/mol. The molecule has 0 aliphatic carbocycles. The topological polar surface area (TPSA) is 69.9 Å². The van der Waals surface area contributed by atoms with Crippen LogP contribution in [0.3, 0.4) is 0 Å². The van der Waals surface area contributed by atoms with Crippen LogP contribution in [0.5, 0.6) is 0 Å². The summed E-state index contributed by atoms with van der Waals surface area (Å²) < 4.78 is 7.10. The number of hydrogen-bond donors (Lipinski definition) is 0. The summed E-state index contributed by atoms with van der Waals surface area (Å²) in [5.74, 6) is -0.405. The van der Waals surface area contributed by atoms with Crippen LogP contribution in [0.4, 0.5) is 0 Å². The van der Waals surface area contributed by atoms with Gasteiger partial charge in [0.1, 0.15) is 16.8 Å². The number of carbonyl (C=O) groups excluding carboxylic acids is 1. The lowest BCUT2D eigenvalue weighted by Gasteiger charge is -2.04. The fourth-order valence-corrected chi connectivity index (χ4v) is 3.42. The van der Waals surface area contributed by atoms with Crippen LogP contribution < -0.4 is 0 Å². The normalized spacial score (nSPS) is 11.0. The van der Waals surface area contributed by atoms with Crippen LogP contribution in [0.25, 0.3) is 21.5 Å². The number of rotatable bonds is 4. The molecule has 1 aromatic carbocycles. The summed E-state index contributed by atoms with van der Waals surface area (Å²) in [6, 6.07) is 8.68. The minimum absolute atomic E-state index is 0.118. The van der Waals surface area contributed by atoms with E-state index in [0.717, 1.165) is 21.5 Å². The van der Waals surface area contributed by atoms with Crippen LogP contribution in [0, 0.1) is 0 Å². The molecule has 0 atom stereocenters. The first-order valence-corrected chi connectivity index (χ1v) is 9.01. The van der Waals surface area contributed by atoms with Gasteiger partial charge in [0.2, 0.25) is 0 Å². The summed E-state index contributed by atoms with van der Waals surface area (Å²) in [6.07, 6.45) is 3.65. The summed E-state index contributed by atoms with van der Waals surface area (Å²) in [5.41, 5.74) is 2.84. The molecule has 0 aliphatic rings. The molecule has 0 saturated heterocycles. The van der Waals surface area contributed by atoms with E-state index in [4.69, 9.17) is 16.3 Å². The maximum absolute atomic E-state index is 12.3. The predicted molar refractivity (Wildman–Crippen MR) is 100 cm³/mol. The lowest BCUT2D eigenvalue weighted by molar-refractivity contribution is 0.0468. The molecular formula is C18H13ClN4O2S. The Morgan fingerprint density at radius 2 is 2.15 bits per heavy atom. The van der Waals surface area contributed by atoms with E-state index < -0.39 is 5.97 Å². The van der Waals surface area contributed by atoms with E-state index >= 15 is 0 Å². The highest BCUT2D eigenvalue weighted by molar-refractivity contribution is 7.13. The van der Waals surface area contributed by atoms with E-state index in [9.17, 15) is 4.79 Å². The van der Waals surface area contributed by atoms with Crippen molar-refractivity contribution in [2.75, 3.05) is 0 Å². The molecule has 0 radical (unpaired) electrons. The van der Waals surface area contributed by atoms with E-state index in [1.807, 2.05) is 24.7 Å².